The van der Waals surface area contributed by atoms with Crippen LogP contribution in [0.3, 0.4) is 0 Å². The number of rotatable bonds is 5. The molecule has 0 aromatic rings. The van der Waals surface area contributed by atoms with Crippen molar-refractivity contribution < 1.29 is 33.7 Å². The van der Waals surface area contributed by atoms with Crippen LogP contribution in [0.5, 0.6) is 0 Å². The Balaban J connectivity index is 2.45. The molecule has 0 amide bonds. The quantitative estimate of drug-likeness (QED) is 0.403. The van der Waals surface area contributed by atoms with Crippen LogP contribution in [0.4, 0.5) is 0 Å². The number of hydrogen-bond donors (Lipinski definition) is 1. The molecule has 0 radical (unpaired) electrons. The van der Waals surface area contributed by atoms with E-state index in [9.17, 15) is 19.5 Å². The summed E-state index contributed by atoms with van der Waals surface area (Å²) < 4.78 is 16.6. The van der Waals surface area contributed by atoms with Gasteiger partial charge in [-0.1, -0.05) is 18.2 Å². The summed E-state index contributed by atoms with van der Waals surface area (Å²) in [4.78, 5) is 36.2. The molecule has 0 aromatic heterocycles. The van der Waals surface area contributed by atoms with Gasteiger partial charge in [0.2, 0.25) is 6.29 Å². The molecule has 7 heteroatoms. The van der Waals surface area contributed by atoms with Gasteiger partial charge in [-0.2, -0.15) is 0 Å². The zero-order valence-corrected chi connectivity index (χ0v) is 18.8. The second-order valence-corrected chi connectivity index (χ2v) is 8.88. The van der Waals surface area contributed by atoms with E-state index in [2.05, 4.69) is 6.58 Å². The highest BCUT2D eigenvalue weighted by molar-refractivity contribution is 6.04. The monoisotopic (exact) mass is 432 g/mol. The summed E-state index contributed by atoms with van der Waals surface area (Å²) in [6, 6.07) is 0. The molecule has 2 rings (SSSR count). The molecule has 0 spiro atoms. The molecule has 0 bridgehead atoms. The van der Waals surface area contributed by atoms with Crippen molar-refractivity contribution in [3.8, 4) is 0 Å². The van der Waals surface area contributed by atoms with E-state index in [1.807, 2.05) is 19.1 Å². The van der Waals surface area contributed by atoms with Gasteiger partial charge in [0.05, 0.1) is 17.8 Å². The molecule has 0 unspecified atom stereocenters. The van der Waals surface area contributed by atoms with E-state index >= 15 is 0 Å². The van der Waals surface area contributed by atoms with Crippen molar-refractivity contribution in [1.82, 2.24) is 0 Å². The Kier molecular flexibility index (Phi) is 7.65. The highest BCUT2D eigenvalue weighted by atomic mass is 16.7. The number of ether oxygens (including phenoxy) is 3. The van der Waals surface area contributed by atoms with E-state index in [0.29, 0.717) is 24.8 Å². The van der Waals surface area contributed by atoms with Gasteiger partial charge < -0.3 is 19.3 Å². The summed E-state index contributed by atoms with van der Waals surface area (Å²) in [5.41, 5.74) is -0.856. The van der Waals surface area contributed by atoms with Gasteiger partial charge in [-0.15, -0.1) is 0 Å². The van der Waals surface area contributed by atoms with E-state index in [1.165, 1.54) is 32.3 Å². The average Bonchev–Trinajstić information content (AvgIpc) is 2.67. The first-order valence-electron chi connectivity index (χ1n) is 10.3. The van der Waals surface area contributed by atoms with Crippen LogP contribution in [0.1, 0.15) is 53.9 Å². The number of carbonyl (C=O) groups excluding carboxylic acids is 3. The molecule has 31 heavy (non-hydrogen) atoms. The Morgan fingerprint density at radius 2 is 1.97 bits per heavy atom. The third-order valence-electron chi connectivity index (χ3n) is 5.32. The zero-order valence-electron chi connectivity index (χ0n) is 18.8. The van der Waals surface area contributed by atoms with Gasteiger partial charge in [-0.3, -0.25) is 14.4 Å². The van der Waals surface area contributed by atoms with Crippen molar-refractivity contribution >= 4 is 17.7 Å². The standard InChI is InChI=1S/C24H32O7/c1-15-8-7-11-24(6,31-17(3)26)13-9-18-19(20(27)10-12-23(4,5)28)14-29-22(21(15)18)30-16(2)25/h7,10-12,14,18,21-22,28H,1,8-9,13H2,2-6H3/b11-7+,12-10+/t18-,21+,22+,24-/m1/s1. The second-order valence-electron chi connectivity index (χ2n) is 8.88. The fourth-order valence-corrected chi connectivity index (χ4v) is 3.92. The first kappa shape index (κ1) is 24.6. The Labute approximate surface area is 183 Å². The topological polar surface area (TPSA) is 99.1 Å². The highest BCUT2D eigenvalue weighted by Crippen LogP contribution is 2.42. The summed E-state index contributed by atoms with van der Waals surface area (Å²) >= 11 is 0. The van der Waals surface area contributed by atoms with Crippen LogP contribution in [-0.4, -0.2) is 40.3 Å². The lowest BCUT2D eigenvalue weighted by Gasteiger charge is -2.38. The molecule has 1 aliphatic carbocycles. The molecule has 0 saturated carbocycles. The normalized spacial score (nSPS) is 30.1. The predicted molar refractivity (Wildman–Crippen MR) is 114 cm³/mol. The van der Waals surface area contributed by atoms with Crippen LogP contribution < -0.4 is 0 Å². The van der Waals surface area contributed by atoms with E-state index in [1.54, 1.807) is 13.8 Å². The zero-order chi connectivity index (χ0) is 23.4. The summed E-state index contributed by atoms with van der Waals surface area (Å²) in [5.74, 6) is -2.03. The van der Waals surface area contributed by atoms with Gasteiger partial charge in [-0.25, -0.2) is 0 Å². The van der Waals surface area contributed by atoms with E-state index in [4.69, 9.17) is 14.2 Å². The molecule has 7 nitrogen and oxygen atoms in total. The molecule has 2 aliphatic rings. The molecule has 1 aliphatic heterocycles. The third kappa shape index (κ3) is 6.92. The minimum atomic E-state index is -1.15. The molecular formula is C24H32O7. The van der Waals surface area contributed by atoms with Crippen LogP contribution in [0.15, 0.2) is 48.3 Å². The number of fused-ring (bicyclic) bond motifs is 1. The minimum absolute atomic E-state index is 0.312. The summed E-state index contributed by atoms with van der Waals surface area (Å²) in [7, 11) is 0. The summed E-state index contributed by atoms with van der Waals surface area (Å²) in [5, 5.41) is 9.93. The van der Waals surface area contributed by atoms with E-state index < -0.39 is 35.3 Å². The molecule has 1 N–H and O–H groups in total. The Morgan fingerprint density at radius 1 is 1.29 bits per heavy atom. The van der Waals surface area contributed by atoms with Gasteiger partial charge in [0.25, 0.3) is 0 Å². The fourth-order valence-electron chi connectivity index (χ4n) is 3.92. The molecule has 4 atom stereocenters. The summed E-state index contributed by atoms with van der Waals surface area (Å²) in [6.07, 6.45) is 8.21. The predicted octanol–water partition coefficient (Wildman–Crippen LogP) is 3.54. The number of carbonyl (C=O) groups is 3. The van der Waals surface area contributed by atoms with Crippen molar-refractivity contribution in [1.29, 1.82) is 0 Å². The van der Waals surface area contributed by atoms with Crippen molar-refractivity contribution in [3.05, 3.63) is 48.3 Å². The SMILES string of the molecule is C=C1C/C=C/[C@@](C)(OC(C)=O)CC[C@@H]2C(C(=O)/C=C/C(C)(C)O)=CO[C@@H](OC(C)=O)[C@@H]12. The van der Waals surface area contributed by atoms with Gasteiger partial charge in [-0.05, 0) is 58.3 Å². The lowest BCUT2D eigenvalue weighted by atomic mass is 9.74. The molecule has 0 aromatic carbocycles. The number of hydrogen-bond acceptors (Lipinski definition) is 7. The van der Waals surface area contributed by atoms with Crippen molar-refractivity contribution in [2.75, 3.05) is 0 Å². The van der Waals surface area contributed by atoms with Crippen molar-refractivity contribution in [3.63, 3.8) is 0 Å². The Bertz CT molecular complexity index is 827. The maximum absolute atomic E-state index is 13.0. The van der Waals surface area contributed by atoms with Gasteiger partial charge in [0.1, 0.15) is 5.60 Å². The van der Waals surface area contributed by atoms with Crippen LogP contribution in [0.25, 0.3) is 0 Å². The molecule has 170 valence electrons. The Morgan fingerprint density at radius 3 is 2.55 bits per heavy atom. The number of allylic oxidation sites excluding steroid dienone is 3. The maximum atomic E-state index is 13.0. The molecule has 0 saturated heterocycles. The molecular weight excluding hydrogens is 400 g/mol. The van der Waals surface area contributed by atoms with Crippen molar-refractivity contribution in [2.45, 2.75) is 71.4 Å². The van der Waals surface area contributed by atoms with Gasteiger partial charge >= 0.3 is 11.9 Å². The van der Waals surface area contributed by atoms with Crippen LogP contribution in [-0.2, 0) is 28.6 Å². The van der Waals surface area contributed by atoms with Gasteiger partial charge in [0.15, 0.2) is 5.78 Å². The highest BCUT2D eigenvalue weighted by Gasteiger charge is 2.43. The van der Waals surface area contributed by atoms with Crippen LogP contribution in [0, 0.1) is 11.8 Å². The minimum Gasteiger partial charge on any atom is -0.461 e. The van der Waals surface area contributed by atoms with E-state index in [-0.39, 0.29) is 11.7 Å². The fraction of sp³-hybridized carbons (Fsp3) is 0.542. The molecule has 0 fully saturated rings. The smallest absolute Gasteiger partial charge is 0.305 e. The van der Waals surface area contributed by atoms with Gasteiger partial charge in [0, 0.05) is 25.3 Å². The number of ketones is 1. The Hall–Kier alpha value is -2.67. The maximum Gasteiger partial charge on any atom is 0.305 e. The molecule has 1 heterocycles. The van der Waals surface area contributed by atoms with Crippen LogP contribution in [0.2, 0.25) is 0 Å². The first-order valence-corrected chi connectivity index (χ1v) is 10.3. The van der Waals surface area contributed by atoms with Crippen molar-refractivity contribution in [2.24, 2.45) is 11.8 Å². The first-order chi connectivity index (χ1) is 14.3. The third-order valence-corrected chi connectivity index (χ3v) is 5.32. The number of esters is 2. The lowest BCUT2D eigenvalue weighted by Crippen LogP contribution is -2.40. The van der Waals surface area contributed by atoms with E-state index in [0.717, 1.165) is 5.57 Å². The number of aliphatic hydroxyl groups is 1. The van der Waals surface area contributed by atoms with Crippen LogP contribution >= 0.6 is 0 Å². The largest absolute Gasteiger partial charge is 0.461 e. The average molecular weight is 433 g/mol. The summed E-state index contributed by atoms with van der Waals surface area (Å²) in [6.45, 7) is 11.8. The lowest BCUT2D eigenvalue weighted by molar-refractivity contribution is -0.180. The second kappa shape index (κ2) is 9.64.